The average molecular weight is 470 g/mol. The summed E-state index contributed by atoms with van der Waals surface area (Å²) in [7, 11) is 1.45. The van der Waals surface area contributed by atoms with E-state index in [-0.39, 0.29) is 23.6 Å². The highest BCUT2D eigenvalue weighted by atomic mass is 16.6. The van der Waals surface area contributed by atoms with Crippen LogP contribution in [0.2, 0.25) is 0 Å². The zero-order valence-electron chi connectivity index (χ0n) is 19.0. The van der Waals surface area contributed by atoms with Gasteiger partial charge in [0.05, 0.1) is 19.9 Å². The topological polar surface area (TPSA) is 142 Å². The van der Waals surface area contributed by atoms with Crippen LogP contribution in [0.3, 0.4) is 0 Å². The van der Waals surface area contributed by atoms with Crippen molar-refractivity contribution < 1.29 is 23.4 Å². The number of nitrogens with zero attached hydrogens (tertiary/aromatic N) is 2. The molecule has 180 valence electrons. The molecule has 3 N–H and O–H groups in total. The molecule has 0 spiro atoms. The molecular formula is C23H26N4O7. The van der Waals surface area contributed by atoms with Crippen molar-refractivity contribution in [3.05, 3.63) is 62.7 Å². The van der Waals surface area contributed by atoms with E-state index in [1.54, 1.807) is 12.1 Å². The Morgan fingerprint density at radius 1 is 1.26 bits per heavy atom. The quantitative estimate of drug-likeness (QED) is 0.510. The van der Waals surface area contributed by atoms with E-state index < -0.39 is 17.2 Å². The summed E-state index contributed by atoms with van der Waals surface area (Å²) in [4.78, 5) is 42.5. The normalized spacial score (nSPS) is 12.4. The second-order valence-electron chi connectivity index (χ2n) is 7.67. The average Bonchev–Trinajstić information content (AvgIpc) is 3.35. The minimum absolute atomic E-state index is 0.0954. The Bertz CT molecular complexity index is 1280. The van der Waals surface area contributed by atoms with Gasteiger partial charge in [0, 0.05) is 12.1 Å². The SMILES string of the molecule is CCCCn1c(N)c(N(Cc2ccco2)C(=O)c2cc(OC)c3c(c2)OCCO3)c(=O)[nH]c1=O. The Morgan fingerprint density at radius 3 is 2.76 bits per heavy atom. The van der Waals surface area contributed by atoms with Crippen molar-refractivity contribution in [1.82, 2.24) is 9.55 Å². The van der Waals surface area contributed by atoms with Crippen molar-refractivity contribution >= 4 is 17.4 Å². The van der Waals surface area contributed by atoms with Gasteiger partial charge in [-0.05, 0) is 30.7 Å². The monoisotopic (exact) mass is 470 g/mol. The smallest absolute Gasteiger partial charge is 0.330 e. The van der Waals surface area contributed by atoms with Gasteiger partial charge in [-0.1, -0.05) is 13.3 Å². The third kappa shape index (κ3) is 4.36. The van der Waals surface area contributed by atoms with Gasteiger partial charge in [-0.3, -0.25) is 24.0 Å². The molecule has 0 saturated carbocycles. The summed E-state index contributed by atoms with van der Waals surface area (Å²) in [5.41, 5.74) is 4.91. The lowest BCUT2D eigenvalue weighted by Crippen LogP contribution is -2.41. The van der Waals surface area contributed by atoms with Gasteiger partial charge in [0.1, 0.15) is 24.8 Å². The van der Waals surface area contributed by atoms with Crippen molar-refractivity contribution in [2.24, 2.45) is 0 Å². The first kappa shape index (κ1) is 23.0. The summed E-state index contributed by atoms with van der Waals surface area (Å²) < 4.78 is 23.3. The molecule has 0 saturated heterocycles. The number of hydrogen-bond acceptors (Lipinski definition) is 8. The number of carbonyl (C=O) groups excluding carboxylic acids is 1. The van der Waals surface area contributed by atoms with Crippen molar-refractivity contribution in [2.45, 2.75) is 32.9 Å². The fraction of sp³-hybridized carbons (Fsp3) is 0.348. The molecule has 0 atom stereocenters. The first-order valence-corrected chi connectivity index (χ1v) is 10.9. The van der Waals surface area contributed by atoms with Gasteiger partial charge in [0.25, 0.3) is 11.5 Å². The number of rotatable bonds is 8. The number of anilines is 2. The molecule has 0 unspecified atom stereocenters. The Labute approximate surface area is 194 Å². The standard InChI is InChI=1S/C23H26N4O7/c1-3-4-7-26-20(24)18(21(28)25-23(26)30)27(13-15-6-5-8-32-15)22(29)14-11-16(31-2)19-17(12-14)33-9-10-34-19/h5-6,8,11-12H,3-4,7,9-10,13,24H2,1-2H3,(H,25,28,30). The molecule has 11 heteroatoms. The molecule has 3 aromatic rings. The summed E-state index contributed by atoms with van der Waals surface area (Å²) in [6.45, 7) is 2.84. The molecule has 0 fully saturated rings. The highest BCUT2D eigenvalue weighted by Crippen LogP contribution is 2.41. The van der Waals surface area contributed by atoms with Crippen molar-refractivity contribution in [3.8, 4) is 17.2 Å². The molecular weight excluding hydrogens is 444 g/mol. The number of nitrogen functional groups attached to an aromatic ring is 1. The first-order valence-electron chi connectivity index (χ1n) is 10.9. The van der Waals surface area contributed by atoms with Crippen LogP contribution < -0.4 is 36.1 Å². The molecule has 3 heterocycles. The Morgan fingerprint density at radius 2 is 2.06 bits per heavy atom. The number of nitrogens with one attached hydrogen (secondary N) is 1. The largest absolute Gasteiger partial charge is 0.493 e. The van der Waals surface area contributed by atoms with Crippen LogP contribution in [0.25, 0.3) is 0 Å². The van der Waals surface area contributed by atoms with Crippen LogP contribution in [0.15, 0.2) is 44.5 Å². The van der Waals surface area contributed by atoms with Crippen LogP contribution in [-0.2, 0) is 13.1 Å². The number of nitrogens with two attached hydrogens (primary N) is 1. The molecule has 2 aromatic heterocycles. The van der Waals surface area contributed by atoms with Crippen LogP contribution in [0.5, 0.6) is 17.2 Å². The minimum atomic E-state index is -0.778. The van der Waals surface area contributed by atoms with Gasteiger partial charge in [-0.15, -0.1) is 0 Å². The maximum absolute atomic E-state index is 13.8. The van der Waals surface area contributed by atoms with Crippen molar-refractivity contribution in [3.63, 3.8) is 0 Å². The van der Waals surface area contributed by atoms with Gasteiger partial charge < -0.3 is 24.4 Å². The second kappa shape index (κ2) is 9.77. The van der Waals surface area contributed by atoms with Crippen molar-refractivity contribution in [2.75, 3.05) is 31.0 Å². The van der Waals surface area contributed by atoms with Crippen molar-refractivity contribution in [1.29, 1.82) is 0 Å². The lowest BCUT2D eigenvalue weighted by atomic mass is 10.1. The molecule has 1 amide bonds. The number of aromatic nitrogens is 2. The summed E-state index contributed by atoms with van der Waals surface area (Å²) in [5, 5.41) is 0. The van der Waals surface area contributed by atoms with Crippen LogP contribution in [-0.4, -0.2) is 35.8 Å². The number of carbonyl (C=O) groups is 1. The van der Waals surface area contributed by atoms with E-state index in [0.29, 0.717) is 49.2 Å². The number of benzene rings is 1. The van der Waals surface area contributed by atoms with Crippen LogP contribution in [0.1, 0.15) is 35.9 Å². The number of hydrogen-bond donors (Lipinski definition) is 2. The molecule has 0 aliphatic carbocycles. The maximum Gasteiger partial charge on any atom is 0.330 e. The van der Waals surface area contributed by atoms with E-state index in [2.05, 4.69) is 4.98 Å². The lowest BCUT2D eigenvalue weighted by Gasteiger charge is -2.25. The molecule has 1 aliphatic heterocycles. The van der Waals surface area contributed by atoms with E-state index in [4.69, 9.17) is 24.4 Å². The Balaban J connectivity index is 1.85. The maximum atomic E-state index is 13.8. The van der Waals surface area contributed by atoms with Crippen LogP contribution in [0.4, 0.5) is 11.5 Å². The number of furan rings is 1. The van der Waals surface area contributed by atoms with E-state index >= 15 is 0 Å². The molecule has 0 bridgehead atoms. The Hall–Kier alpha value is -4.15. The summed E-state index contributed by atoms with van der Waals surface area (Å²) in [6, 6.07) is 6.36. The first-order chi connectivity index (χ1) is 16.4. The lowest BCUT2D eigenvalue weighted by molar-refractivity contribution is 0.0981. The highest BCUT2D eigenvalue weighted by Gasteiger charge is 2.29. The minimum Gasteiger partial charge on any atom is -0.493 e. The predicted molar refractivity (Wildman–Crippen MR) is 124 cm³/mol. The number of ether oxygens (including phenoxy) is 3. The third-order valence-electron chi connectivity index (χ3n) is 5.43. The molecule has 34 heavy (non-hydrogen) atoms. The molecule has 4 rings (SSSR count). The number of fused-ring (bicyclic) bond motifs is 1. The zero-order chi connectivity index (χ0) is 24.2. The zero-order valence-corrected chi connectivity index (χ0v) is 19.0. The van der Waals surface area contributed by atoms with Gasteiger partial charge >= 0.3 is 5.69 Å². The third-order valence-corrected chi connectivity index (χ3v) is 5.43. The Kier molecular flexibility index (Phi) is 6.62. The highest BCUT2D eigenvalue weighted by molar-refractivity contribution is 6.07. The number of unbranched alkanes of at least 4 members (excludes halogenated alkanes) is 1. The summed E-state index contributed by atoms with van der Waals surface area (Å²) in [6.07, 6.45) is 2.94. The second-order valence-corrected chi connectivity index (χ2v) is 7.67. The number of amides is 1. The van der Waals surface area contributed by atoms with Gasteiger partial charge in [-0.25, -0.2) is 4.79 Å². The van der Waals surface area contributed by atoms with E-state index in [0.717, 1.165) is 6.42 Å². The molecule has 1 aliphatic rings. The van der Waals surface area contributed by atoms with Gasteiger partial charge in [-0.2, -0.15) is 0 Å². The molecule has 11 nitrogen and oxygen atoms in total. The van der Waals surface area contributed by atoms with E-state index in [9.17, 15) is 14.4 Å². The summed E-state index contributed by atoms with van der Waals surface area (Å²) in [5.74, 6) is 0.808. The fourth-order valence-corrected chi connectivity index (χ4v) is 3.74. The van der Waals surface area contributed by atoms with E-state index in [1.807, 2.05) is 6.92 Å². The molecule has 0 radical (unpaired) electrons. The number of methoxy groups -OCH3 is 1. The van der Waals surface area contributed by atoms with Gasteiger partial charge in [0.2, 0.25) is 5.75 Å². The van der Waals surface area contributed by atoms with Crippen LogP contribution in [0, 0.1) is 0 Å². The number of H-pyrrole nitrogens is 1. The van der Waals surface area contributed by atoms with E-state index in [1.165, 1.54) is 35.0 Å². The summed E-state index contributed by atoms with van der Waals surface area (Å²) >= 11 is 0. The molecule has 1 aromatic carbocycles. The fourth-order valence-electron chi connectivity index (χ4n) is 3.74. The van der Waals surface area contributed by atoms with Crippen LogP contribution >= 0.6 is 0 Å². The number of aromatic amines is 1. The predicted octanol–water partition coefficient (Wildman–Crippen LogP) is 2.14. The van der Waals surface area contributed by atoms with Gasteiger partial charge in [0.15, 0.2) is 17.2 Å².